The van der Waals surface area contributed by atoms with Gasteiger partial charge >= 0.3 is 5.97 Å². The number of aliphatic carboxylic acids is 1. The predicted molar refractivity (Wildman–Crippen MR) is 123 cm³/mol. The Morgan fingerprint density at radius 2 is 1.57 bits per heavy atom. The molecule has 2 atom stereocenters. The molecule has 1 rings (SSSR count). The van der Waals surface area contributed by atoms with Crippen LogP contribution in [0.1, 0.15) is 54.4 Å². The summed E-state index contributed by atoms with van der Waals surface area (Å²) in [5.74, 6) is -0.791. The molecule has 0 aliphatic heterocycles. The van der Waals surface area contributed by atoms with E-state index in [1.807, 2.05) is 0 Å². The number of carboxylic acids is 1. The van der Waals surface area contributed by atoms with Crippen LogP contribution < -0.4 is 0 Å². The minimum atomic E-state index is -1.99. The molecule has 0 saturated heterocycles. The molecule has 4 nitrogen and oxygen atoms in total. The Morgan fingerprint density at radius 3 is 2.00 bits per heavy atom. The van der Waals surface area contributed by atoms with Crippen molar-refractivity contribution in [1.29, 1.82) is 0 Å². The number of carboxylic acid groups (broad SMARTS) is 1. The zero-order chi connectivity index (χ0) is 22.1. The van der Waals surface area contributed by atoms with E-state index in [2.05, 4.69) is 74.3 Å². The van der Waals surface area contributed by atoms with Gasteiger partial charge in [0.2, 0.25) is 0 Å². The van der Waals surface area contributed by atoms with Crippen LogP contribution >= 0.6 is 0 Å². The van der Waals surface area contributed by atoms with Crippen LogP contribution in [0.3, 0.4) is 0 Å². The first-order chi connectivity index (χ1) is 12.4. The molecule has 1 fully saturated rings. The third kappa shape index (κ3) is 6.41. The van der Waals surface area contributed by atoms with Gasteiger partial charge in [-0.15, -0.1) is 0 Å². The van der Waals surface area contributed by atoms with Crippen LogP contribution in [0.2, 0.25) is 36.3 Å². The lowest BCUT2D eigenvalue weighted by Gasteiger charge is -2.44. The lowest BCUT2D eigenvalue weighted by atomic mass is 9.80. The molecule has 1 N–H and O–H groups in total. The largest absolute Gasteiger partial charge is 0.478 e. The van der Waals surface area contributed by atoms with Gasteiger partial charge in [0.15, 0.2) is 16.6 Å². The van der Waals surface area contributed by atoms with E-state index in [4.69, 9.17) is 8.85 Å². The van der Waals surface area contributed by atoms with Crippen LogP contribution in [0, 0.1) is 5.92 Å². The van der Waals surface area contributed by atoms with Crippen molar-refractivity contribution in [2.75, 3.05) is 6.61 Å². The van der Waals surface area contributed by atoms with E-state index in [1.165, 1.54) is 6.08 Å². The Balaban J connectivity index is 3.07. The molecule has 0 unspecified atom stereocenters. The number of hydrogen-bond donors (Lipinski definition) is 1. The molecule has 28 heavy (non-hydrogen) atoms. The smallest absolute Gasteiger partial charge is 0.328 e. The summed E-state index contributed by atoms with van der Waals surface area (Å²) in [7, 11) is -3.87. The maximum atomic E-state index is 11.3. The summed E-state index contributed by atoms with van der Waals surface area (Å²) in [6.07, 6.45) is 2.53. The van der Waals surface area contributed by atoms with Crippen molar-refractivity contribution >= 4 is 22.6 Å². The van der Waals surface area contributed by atoms with E-state index in [1.54, 1.807) is 0 Å². The van der Waals surface area contributed by atoms with Gasteiger partial charge in [-0.3, -0.25) is 0 Å². The Hall–Kier alpha value is -0.696. The van der Waals surface area contributed by atoms with E-state index in [-0.39, 0.29) is 22.1 Å². The fraction of sp³-hybridized carbons (Fsp3) is 0.773. The van der Waals surface area contributed by atoms with E-state index in [0.29, 0.717) is 19.4 Å². The predicted octanol–water partition coefficient (Wildman–Crippen LogP) is 6.38. The fourth-order valence-corrected chi connectivity index (χ4v) is 5.15. The lowest BCUT2D eigenvalue weighted by Crippen LogP contribution is -2.47. The molecule has 1 aliphatic rings. The summed E-state index contributed by atoms with van der Waals surface area (Å²) >= 11 is 0. The molecule has 1 aliphatic carbocycles. The molecular formula is C22H42O4Si2. The quantitative estimate of drug-likeness (QED) is 0.304. The Morgan fingerprint density at radius 1 is 1.07 bits per heavy atom. The molecule has 162 valence electrons. The molecule has 0 amide bonds. The molecule has 0 aromatic rings. The van der Waals surface area contributed by atoms with Gasteiger partial charge in [0, 0.05) is 18.6 Å². The van der Waals surface area contributed by atoms with Crippen LogP contribution in [0.4, 0.5) is 0 Å². The van der Waals surface area contributed by atoms with Crippen molar-refractivity contribution in [2.24, 2.45) is 5.92 Å². The van der Waals surface area contributed by atoms with Crippen LogP contribution in [0.25, 0.3) is 0 Å². The summed E-state index contributed by atoms with van der Waals surface area (Å²) in [6.45, 7) is 27.3. The van der Waals surface area contributed by atoms with Crippen molar-refractivity contribution in [3.05, 3.63) is 23.8 Å². The normalized spacial score (nSPS) is 23.9. The minimum absolute atomic E-state index is 0.0918. The maximum absolute atomic E-state index is 11.3. The van der Waals surface area contributed by atoms with Crippen molar-refractivity contribution in [1.82, 2.24) is 0 Å². The van der Waals surface area contributed by atoms with E-state index in [0.717, 1.165) is 11.1 Å². The second-order valence-corrected chi connectivity index (χ2v) is 20.8. The van der Waals surface area contributed by atoms with Crippen molar-refractivity contribution < 1.29 is 18.8 Å². The lowest BCUT2D eigenvalue weighted by molar-refractivity contribution is -0.131. The van der Waals surface area contributed by atoms with Gasteiger partial charge < -0.3 is 14.0 Å². The molecule has 0 aromatic carbocycles. The van der Waals surface area contributed by atoms with Crippen molar-refractivity contribution in [3.8, 4) is 0 Å². The molecule has 0 bridgehead atoms. The maximum Gasteiger partial charge on any atom is 0.328 e. The van der Waals surface area contributed by atoms with E-state index in [9.17, 15) is 9.90 Å². The summed E-state index contributed by atoms with van der Waals surface area (Å²) in [4.78, 5) is 11.3. The van der Waals surface area contributed by atoms with E-state index >= 15 is 0 Å². The molecule has 6 heteroatoms. The van der Waals surface area contributed by atoms with Crippen LogP contribution in [-0.2, 0) is 13.6 Å². The first-order valence-corrected chi connectivity index (χ1v) is 16.1. The van der Waals surface area contributed by atoms with Crippen LogP contribution in [0.15, 0.2) is 23.8 Å². The Labute approximate surface area is 174 Å². The van der Waals surface area contributed by atoms with Gasteiger partial charge in [-0.1, -0.05) is 53.7 Å². The summed E-state index contributed by atoms with van der Waals surface area (Å²) in [5.41, 5.74) is 1.98. The number of hydrogen-bond acceptors (Lipinski definition) is 3. The Kier molecular flexibility index (Phi) is 7.77. The van der Waals surface area contributed by atoms with Gasteiger partial charge in [-0.05, 0) is 54.7 Å². The third-order valence-corrected chi connectivity index (χ3v) is 15.9. The van der Waals surface area contributed by atoms with Crippen molar-refractivity contribution in [2.45, 2.75) is 96.8 Å². The number of carbonyl (C=O) groups is 1. The topological polar surface area (TPSA) is 55.8 Å². The monoisotopic (exact) mass is 426 g/mol. The highest BCUT2D eigenvalue weighted by atomic mass is 28.4. The van der Waals surface area contributed by atoms with Gasteiger partial charge in [0.05, 0.1) is 6.10 Å². The fourth-order valence-electron chi connectivity index (χ4n) is 2.80. The average molecular weight is 427 g/mol. The highest BCUT2D eigenvalue weighted by Gasteiger charge is 2.43. The average Bonchev–Trinajstić information content (AvgIpc) is 2.45. The van der Waals surface area contributed by atoms with Gasteiger partial charge in [0.25, 0.3) is 0 Å². The minimum Gasteiger partial charge on any atom is -0.478 e. The van der Waals surface area contributed by atoms with E-state index < -0.39 is 22.6 Å². The van der Waals surface area contributed by atoms with Gasteiger partial charge in [-0.2, -0.15) is 0 Å². The second kappa shape index (κ2) is 8.58. The van der Waals surface area contributed by atoms with Gasteiger partial charge in [0.1, 0.15) is 0 Å². The summed E-state index contributed by atoms with van der Waals surface area (Å²) in [5, 5.41) is 9.51. The Bertz CT molecular complexity index is 621. The zero-order valence-electron chi connectivity index (χ0n) is 19.7. The standard InChI is InChI=1S/C22H42O4Si2/c1-16-18(15-25-27(8,9)21(2,3)4)12-17(14-20(23)24)13-19(16)26-28(10,11)22(5,6)7/h14,18-19H,1,12-13,15H2,2-11H3,(H,23,24)/t18-,19+/m0/s1. The first-order valence-electron chi connectivity index (χ1n) is 10.3. The third-order valence-electron chi connectivity index (χ3n) is 6.92. The molecule has 1 saturated carbocycles. The molecule has 0 aromatic heterocycles. The molecular weight excluding hydrogens is 384 g/mol. The summed E-state index contributed by atoms with van der Waals surface area (Å²) in [6, 6.07) is 0. The zero-order valence-corrected chi connectivity index (χ0v) is 21.7. The second-order valence-electron chi connectivity index (χ2n) is 11.3. The SMILES string of the molecule is C=C1[C@H](CO[Si](C)(C)C(C)(C)C)CC(=CC(=O)O)C[C@H]1O[Si](C)(C)C(C)(C)C. The van der Waals surface area contributed by atoms with Crippen LogP contribution in [-0.4, -0.2) is 40.4 Å². The molecule has 0 heterocycles. The highest BCUT2D eigenvalue weighted by Crippen LogP contribution is 2.43. The summed E-state index contributed by atoms with van der Waals surface area (Å²) < 4.78 is 13.1. The van der Waals surface area contributed by atoms with Crippen molar-refractivity contribution in [3.63, 3.8) is 0 Å². The highest BCUT2D eigenvalue weighted by molar-refractivity contribution is 6.74. The molecule has 0 spiro atoms. The van der Waals surface area contributed by atoms with Gasteiger partial charge in [-0.25, -0.2) is 4.79 Å². The van der Waals surface area contributed by atoms with Crippen LogP contribution in [0.5, 0.6) is 0 Å². The molecule has 0 radical (unpaired) electrons. The number of rotatable bonds is 6. The first kappa shape index (κ1) is 25.3.